The number of likely N-dealkylation sites (N-methyl/N-ethyl adjacent to an activating group) is 1. The van der Waals surface area contributed by atoms with Crippen LogP contribution in [-0.2, 0) is 42.8 Å². The molecule has 402 valence electrons. The molecule has 0 aromatic carbocycles. The van der Waals surface area contributed by atoms with Crippen molar-refractivity contribution in [3.8, 4) is 0 Å². The molecule has 10 heteroatoms. The number of methoxy groups -OCH3 is 2. The Balaban J connectivity index is 0. The molecule has 0 N–H and O–H groups in total. The lowest BCUT2D eigenvalue weighted by molar-refractivity contribution is -0.141. The molecule has 1 atom stereocenters. The molecule has 0 saturated carbocycles. The van der Waals surface area contributed by atoms with Gasteiger partial charge in [-0.1, -0.05) is 167 Å². The van der Waals surface area contributed by atoms with Crippen LogP contribution in [0.3, 0.4) is 0 Å². The molecule has 0 rings (SSSR count). The number of ether oxygens (including phenoxy) is 6. The van der Waals surface area contributed by atoms with E-state index in [0.29, 0.717) is 38.7 Å². The van der Waals surface area contributed by atoms with Gasteiger partial charge in [0.25, 0.3) is 0 Å². The van der Waals surface area contributed by atoms with E-state index in [1.54, 1.807) is 0 Å². The molecule has 0 aliphatic heterocycles. The summed E-state index contributed by atoms with van der Waals surface area (Å²) in [4.78, 5) is 36.0. The van der Waals surface area contributed by atoms with Crippen LogP contribution >= 0.6 is 0 Å². The maximum atomic E-state index is 11.7. The van der Waals surface area contributed by atoms with Crippen molar-refractivity contribution in [1.29, 1.82) is 0 Å². The molecule has 1 unspecified atom stereocenters. The van der Waals surface area contributed by atoms with Crippen molar-refractivity contribution in [3.63, 3.8) is 0 Å². The van der Waals surface area contributed by atoms with E-state index < -0.39 is 0 Å². The molecule has 0 amide bonds. The van der Waals surface area contributed by atoms with E-state index in [-0.39, 0.29) is 30.9 Å². The van der Waals surface area contributed by atoms with Crippen LogP contribution in [-0.4, -0.2) is 110 Å². The zero-order chi connectivity index (χ0) is 50.1. The van der Waals surface area contributed by atoms with Crippen molar-refractivity contribution in [2.45, 2.75) is 251 Å². The first kappa shape index (κ1) is 68.0. The van der Waals surface area contributed by atoms with Gasteiger partial charge in [-0.3, -0.25) is 14.4 Å². The summed E-state index contributed by atoms with van der Waals surface area (Å²) in [5.41, 5.74) is 0. The molecule has 0 heterocycles. The van der Waals surface area contributed by atoms with Crippen molar-refractivity contribution in [2.24, 2.45) is 0 Å². The van der Waals surface area contributed by atoms with E-state index in [1.165, 1.54) is 181 Å². The average Bonchev–Trinajstić information content (AvgIpc) is 3.34. The monoisotopic (exact) mass is 966 g/mol. The maximum absolute atomic E-state index is 11.7. The molecule has 68 heavy (non-hydrogen) atoms. The maximum Gasteiger partial charge on any atom is 0.305 e. The van der Waals surface area contributed by atoms with Gasteiger partial charge in [-0.25, -0.2) is 0 Å². The Morgan fingerprint density at radius 3 is 0.971 bits per heavy atom. The summed E-state index contributed by atoms with van der Waals surface area (Å²) in [6, 6.07) is 0.291. The van der Waals surface area contributed by atoms with E-state index in [1.807, 2.05) is 0 Å². The molecule has 0 fully saturated rings. The molecule has 0 radical (unpaired) electrons. The van der Waals surface area contributed by atoms with Crippen molar-refractivity contribution in [1.82, 2.24) is 4.90 Å². The Hall–Kier alpha value is -2.11. The van der Waals surface area contributed by atoms with E-state index in [0.717, 1.165) is 71.2 Å². The number of ketones is 1. The number of nitrogens with zero attached hydrogens (tertiary/aromatic N) is 1. The van der Waals surface area contributed by atoms with Gasteiger partial charge < -0.3 is 33.3 Å². The molecule has 0 aliphatic carbocycles. The summed E-state index contributed by atoms with van der Waals surface area (Å²) >= 11 is 0. The number of hydrogen-bond donors (Lipinski definition) is 0. The predicted molar refractivity (Wildman–Crippen MR) is 286 cm³/mol. The van der Waals surface area contributed by atoms with Crippen molar-refractivity contribution in [3.05, 3.63) is 24.3 Å². The first-order chi connectivity index (χ1) is 33.3. The standard InChI is InChI=1S/C30H59NO4.C28H52O5/c1-5-6-7-8-9-10-11-12-13-14-15-16-17-18-19-22-25-34-27-29(31(2)3)28-35-26-23-20-21-24-30(32)33-4;1-3-4-5-6-7-8-9-10-11-12-13-14-15-16-17-20-23-32-25-27(29)26-33-24-21-18-19-22-28(30)31-2/h12-13,29H,5-11,14-28H2,1-4H3;10-11H,3-9,12-26H2,1-2H3/b13-12-;11-10-. The minimum Gasteiger partial charge on any atom is -0.469 e. The van der Waals surface area contributed by atoms with Crippen LogP contribution < -0.4 is 0 Å². The molecular formula is C58H111NO9. The summed E-state index contributed by atoms with van der Waals surface area (Å²) in [7, 11) is 7.00. The van der Waals surface area contributed by atoms with E-state index in [2.05, 4.69) is 66.6 Å². The number of rotatable bonds is 53. The fourth-order valence-electron chi connectivity index (χ4n) is 7.61. The molecule has 0 spiro atoms. The Labute approximate surface area is 420 Å². The third-order valence-electron chi connectivity index (χ3n) is 12.3. The summed E-state index contributed by atoms with van der Waals surface area (Å²) in [5, 5.41) is 0. The first-order valence-electron chi connectivity index (χ1n) is 28.2. The Morgan fingerprint density at radius 1 is 0.382 bits per heavy atom. The van der Waals surface area contributed by atoms with E-state index >= 15 is 0 Å². The highest BCUT2D eigenvalue weighted by Crippen LogP contribution is 2.12. The quantitative estimate of drug-likeness (QED) is 0.0332. The second-order valence-corrected chi connectivity index (χ2v) is 19.1. The fraction of sp³-hybridized carbons (Fsp3) is 0.879. The van der Waals surface area contributed by atoms with Crippen LogP contribution in [0.25, 0.3) is 0 Å². The number of carbonyl (C=O) groups excluding carboxylic acids is 3. The molecule has 0 aliphatic rings. The fourth-order valence-corrected chi connectivity index (χ4v) is 7.61. The van der Waals surface area contributed by atoms with Gasteiger partial charge in [0.15, 0.2) is 5.78 Å². The highest BCUT2D eigenvalue weighted by molar-refractivity contribution is 5.80. The molecule has 0 bridgehead atoms. The smallest absolute Gasteiger partial charge is 0.305 e. The highest BCUT2D eigenvalue weighted by Gasteiger charge is 2.12. The second-order valence-electron chi connectivity index (χ2n) is 19.1. The minimum absolute atomic E-state index is 0.00546. The van der Waals surface area contributed by atoms with Crippen LogP contribution in [0.5, 0.6) is 0 Å². The zero-order valence-electron chi connectivity index (χ0n) is 45.6. The van der Waals surface area contributed by atoms with Gasteiger partial charge >= 0.3 is 11.9 Å². The topological polar surface area (TPSA) is 110 Å². The van der Waals surface area contributed by atoms with Crippen LogP contribution in [0, 0.1) is 0 Å². The van der Waals surface area contributed by atoms with Gasteiger partial charge in [-0.2, -0.15) is 0 Å². The second kappa shape index (κ2) is 59.2. The molecular weight excluding hydrogens is 855 g/mol. The Bertz CT molecular complexity index is 1100. The lowest BCUT2D eigenvalue weighted by Crippen LogP contribution is -2.37. The SMILES string of the molecule is CCCCCCCC/C=C\CCCCCCCCOCC(=O)COCCCCCC(=O)OC.CCCCCCCC/C=C\CCCCCCCCOCC(COCCCCCC(=O)OC)N(C)C. The zero-order valence-corrected chi connectivity index (χ0v) is 45.6. The van der Waals surface area contributed by atoms with Crippen LogP contribution in [0.15, 0.2) is 24.3 Å². The predicted octanol–water partition coefficient (Wildman–Crippen LogP) is 15.1. The number of esters is 2. The van der Waals surface area contributed by atoms with Gasteiger partial charge in [0.1, 0.15) is 13.2 Å². The summed E-state index contributed by atoms with van der Waals surface area (Å²) in [6.07, 6.45) is 52.6. The van der Waals surface area contributed by atoms with Crippen LogP contribution in [0.4, 0.5) is 0 Å². The van der Waals surface area contributed by atoms with Crippen molar-refractivity contribution >= 4 is 17.7 Å². The van der Waals surface area contributed by atoms with Gasteiger partial charge in [0.05, 0.1) is 33.5 Å². The lowest BCUT2D eigenvalue weighted by atomic mass is 10.1. The lowest BCUT2D eigenvalue weighted by Gasteiger charge is -2.24. The van der Waals surface area contributed by atoms with Crippen molar-refractivity contribution in [2.75, 3.05) is 81.2 Å². The number of unbranched alkanes of at least 4 members (excludes halogenated alkanes) is 28. The van der Waals surface area contributed by atoms with E-state index in [9.17, 15) is 14.4 Å². The summed E-state index contributed by atoms with van der Waals surface area (Å²) in [6.45, 7) is 9.00. The normalized spacial score (nSPS) is 12.0. The van der Waals surface area contributed by atoms with E-state index in [4.69, 9.17) is 18.9 Å². The number of Topliss-reactive ketones (excluding diaryl/α,β-unsaturated/α-hetero) is 1. The number of hydrogen-bond acceptors (Lipinski definition) is 10. The largest absolute Gasteiger partial charge is 0.469 e. The van der Waals surface area contributed by atoms with Crippen LogP contribution in [0.2, 0.25) is 0 Å². The third kappa shape index (κ3) is 58.2. The minimum atomic E-state index is -0.176. The summed E-state index contributed by atoms with van der Waals surface area (Å²) in [5.74, 6) is -0.309. The number of allylic oxidation sites excluding steroid dienone is 4. The molecule has 0 aromatic heterocycles. The average molecular weight is 967 g/mol. The molecule has 10 nitrogen and oxygen atoms in total. The first-order valence-corrected chi connectivity index (χ1v) is 28.2. The Morgan fingerprint density at radius 2 is 0.662 bits per heavy atom. The van der Waals surface area contributed by atoms with Crippen molar-refractivity contribution < 1.29 is 42.8 Å². The Kier molecular flexibility index (Phi) is 59.2. The van der Waals surface area contributed by atoms with Gasteiger partial charge in [0.2, 0.25) is 0 Å². The van der Waals surface area contributed by atoms with Gasteiger partial charge in [-0.05, 0) is 104 Å². The summed E-state index contributed by atoms with van der Waals surface area (Å²) < 4.78 is 31.8. The molecule has 0 saturated heterocycles. The van der Waals surface area contributed by atoms with Gasteiger partial charge in [-0.15, -0.1) is 0 Å². The number of carbonyl (C=O) groups is 3. The van der Waals surface area contributed by atoms with Crippen LogP contribution in [0.1, 0.15) is 245 Å². The van der Waals surface area contributed by atoms with Gasteiger partial charge in [0, 0.05) is 39.3 Å². The highest BCUT2D eigenvalue weighted by atomic mass is 16.5. The molecule has 0 aromatic rings. The third-order valence-corrected chi connectivity index (χ3v) is 12.3.